The first-order chi connectivity index (χ1) is 7.03. The number of hydrogen-bond donors (Lipinski definition) is 0. The minimum absolute atomic E-state index is 0.00818. The topological polar surface area (TPSA) is 52.6 Å². The van der Waals surface area contributed by atoms with Crippen LogP contribution in [0.4, 0.5) is 0 Å². The van der Waals surface area contributed by atoms with E-state index in [2.05, 4.69) is 0 Å². The summed E-state index contributed by atoms with van der Waals surface area (Å²) >= 11 is 0. The summed E-state index contributed by atoms with van der Waals surface area (Å²) in [5.41, 5.74) is 0. The van der Waals surface area contributed by atoms with Crippen molar-refractivity contribution in [3.63, 3.8) is 0 Å². The van der Waals surface area contributed by atoms with Gasteiger partial charge in [-0.3, -0.25) is 4.18 Å². The van der Waals surface area contributed by atoms with Crippen molar-refractivity contribution in [2.75, 3.05) is 0 Å². The highest BCUT2D eigenvalue weighted by atomic mass is 32.2. The molecule has 4 unspecified atom stereocenters. The van der Waals surface area contributed by atoms with E-state index in [9.17, 15) is 8.42 Å². The smallest absolute Gasteiger partial charge is 0.270 e. The van der Waals surface area contributed by atoms with E-state index < -0.39 is 15.4 Å². The third kappa shape index (κ3) is 2.19. The highest BCUT2D eigenvalue weighted by Gasteiger charge is 2.44. The summed E-state index contributed by atoms with van der Waals surface area (Å²) in [6.45, 7) is 3.53. The largest absolute Gasteiger partial charge is 0.372 e. The molecule has 0 aromatic carbocycles. The van der Waals surface area contributed by atoms with Gasteiger partial charge in [0.2, 0.25) is 0 Å². The molecule has 0 aromatic heterocycles. The fourth-order valence-corrected chi connectivity index (χ4v) is 3.31. The van der Waals surface area contributed by atoms with Crippen LogP contribution in [0.25, 0.3) is 0 Å². The van der Waals surface area contributed by atoms with Gasteiger partial charge in [0.25, 0.3) is 10.1 Å². The molecule has 15 heavy (non-hydrogen) atoms. The van der Waals surface area contributed by atoms with Crippen molar-refractivity contribution < 1.29 is 17.3 Å². The summed E-state index contributed by atoms with van der Waals surface area (Å²) < 4.78 is 34.2. The van der Waals surface area contributed by atoms with Crippen molar-refractivity contribution in [2.24, 2.45) is 0 Å². The summed E-state index contributed by atoms with van der Waals surface area (Å²) in [4.78, 5) is 0. The van der Waals surface area contributed by atoms with E-state index in [1.165, 1.54) is 0 Å². The van der Waals surface area contributed by atoms with Gasteiger partial charge in [0, 0.05) is 6.42 Å². The Morgan fingerprint density at radius 3 is 2.67 bits per heavy atom. The maximum atomic E-state index is 11.7. The lowest BCUT2D eigenvalue weighted by atomic mass is 9.98. The van der Waals surface area contributed by atoms with Gasteiger partial charge >= 0.3 is 0 Å². The van der Waals surface area contributed by atoms with Crippen molar-refractivity contribution in [3.8, 4) is 0 Å². The summed E-state index contributed by atoms with van der Waals surface area (Å²) in [5, 5.41) is -0.420. The van der Waals surface area contributed by atoms with Gasteiger partial charge in [-0.05, 0) is 26.2 Å². The zero-order valence-corrected chi connectivity index (χ0v) is 10.00. The molecule has 2 bridgehead atoms. The Balaban J connectivity index is 1.98. The van der Waals surface area contributed by atoms with Crippen LogP contribution in [0.15, 0.2) is 0 Å². The molecule has 2 rings (SSSR count). The molecule has 2 heterocycles. The molecule has 4 atom stereocenters. The quantitative estimate of drug-likeness (QED) is 0.691. The number of fused-ring (bicyclic) bond motifs is 2. The van der Waals surface area contributed by atoms with Crippen LogP contribution in [0.5, 0.6) is 0 Å². The highest BCUT2D eigenvalue weighted by molar-refractivity contribution is 7.87. The molecule has 88 valence electrons. The van der Waals surface area contributed by atoms with Crippen LogP contribution in [0, 0.1) is 0 Å². The van der Waals surface area contributed by atoms with E-state index in [0.29, 0.717) is 6.42 Å². The molecule has 2 aliphatic heterocycles. The third-order valence-corrected chi connectivity index (χ3v) is 5.21. The standard InChI is InChI=1S/C10H18O4S/c1-3-7(2)15(11,12)14-10-6-8-4-5-9(10)13-8/h7-10H,3-6H2,1-2H3. The van der Waals surface area contributed by atoms with Gasteiger partial charge in [0.05, 0.1) is 17.5 Å². The van der Waals surface area contributed by atoms with E-state index in [1.807, 2.05) is 6.92 Å². The molecular formula is C10H18O4S. The zero-order chi connectivity index (χ0) is 11.1. The predicted octanol–water partition coefficient (Wildman–Crippen LogP) is 1.45. The molecule has 4 nitrogen and oxygen atoms in total. The molecular weight excluding hydrogens is 216 g/mol. The van der Waals surface area contributed by atoms with Crippen LogP contribution in [0.3, 0.4) is 0 Å². The van der Waals surface area contributed by atoms with Gasteiger partial charge in [0.1, 0.15) is 6.10 Å². The summed E-state index contributed by atoms with van der Waals surface area (Å²) in [7, 11) is -3.40. The van der Waals surface area contributed by atoms with Crippen LogP contribution in [0.1, 0.15) is 39.5 Å². The van der Waals surface area contributed by atoms with Gasteiger partial charge in [-0.1, -0.05) is 6.92 Å². The zero-order valence-electron chi connectivity index (χ0n) is 9.18. The molecule has 0 radical (unpaired) electrons. The van der Waals surface area contributed by atoms with Gasteiger partial charge in [-0.25, -0.2) is 0 Å². The lowest BCUT2D eigenvalue weighted by Gasteiger charge is -2.20. The maximum Gasteiger partial charge on any atom is 0.270 e. The van der Waals surface area contributed by atoms with Crippen molar-refractivity contribution in [1.82, 2.24) is 0 Å². The lowest BCUT2D eigenvalue weighted by molar-refractivity contribution is 0.0658. The molecule has 2 aliphatic rings. The average molecular weight is 234 g/mol. The van der Waals surface area contributed by atoms with E-state index in [-0.39, 0.29) is 18.3 Å². The Kier molecular flexibility index (Phi) is 3.05. The van der Waals surface area contributed by atoms with Crippen LogP contribution in [-0.2, 0) is 19.0 Å². The first kappa shape index (κ1) is 11.4. The first-order valence-corrected chi connectivity index (χ1v) is 7.07. The number of rotatable bonds is 4. The van der Waals surface area contributed by atoms with Gasteiger partial charge in [0.15, 0.2) is 0 Å². The molecule has 0 aromatic rings. The van der Waals surface area contributed by atoms with Gasteiger partial charge < -0.3 is 4.74 Å². The van der Waals surface area contributed by atoms with Crippen molar-refractivity contribution in [3.05, 3.63) is 0 Å². The lowest BCUT2D eigenvalue weighted by Crippen LogP contribution is -2.32. The van der Waals surface area contributed by atoms with Crippen molar-refractivity contribution >= 4 is 10.1 Å². The minimum atomic E-state index is -3.40. The van der Waals surface area contributed by atoms with Gasteiger partial charge in [-0.2, -0.15) is 8.42 Å². The van der Waals surface area contributed by atoms with Crippen LogP contribution >= 0.6 is 0 Å². The minimum Gasteiger partial charge on any atom is -0.372 e. The molecule has 0 saturated carbocycles. The Hall–Kier alpha value is -0.130. The fraction of sp³-hybridized carbons (Fsp3) is 1.00. The van der Waals surface area contributed by atoms with Gasteiger partial charge in [-0.15, -0.1) is 0 Å². The average Bonchev–Trinajstić information content (AvgIpc) is 2.77. The molecule has 2 saturated heterocycles. The highest BCUT2D eigenvalue weighted by Crippen LogP contribution is 2.37. The molecule has 0 spiro atoms. The maximum absolute atomic E-state index is 11.7. The Bertz CT molecular complexity index is 324. The van der Waals surface area contributed by atoms with Crippen LogP contribution in [-0.4, -0.2) is 32.0 Å². The monoisotopic (exact) mass is 234 g/mol. The SMILES string of the molecule is CCC(C)S(=O)(=O)OC1CC2CCC1O2. The van der Waals surface area contributed by atoms with E-state index in [4.69, 9.17) is 8.92 Å². The third-order valence-electron chi connectivity index (χ3n) is 3.38. The van der Waals surface area contributed by atoms with Crippen LogP contribution < -0.4 is 0 Å². The normalized spacial score (nSPS) is 37.1. The molecule has 2 fully saturated rings. The van der Waals surface area contributed by atoms with E-state index in [1.54, 1.807) is 6.92 Å². The molecule has 0 aliphatic carbocycles. The Morgan fingerprint density at radius 1 is 1.47 bits per heavy atom. The van der Waals surface area contributed by atoms with E-state index >= 15 is 0 Å². The molecule has 5 heteroatoms. The number of hydrogen-bond acceptors (Lipinski definition) is 4. The van der Waals surface area contributed by atoms with Crippen molar-refractivity contribution in [2.45, 2.75) is 63.1 Å². The first-order valence-electron chi connectivity index (χ1n) is 5.60. The second-order valence-electron chi connectivity index (χ2n) is 4.46. The molecule has 0 amide bonds. The predicted molar refractivity (Wildman–Crippen MR) is 56.1 cm³/mol. The fourth-order valence-electron chi connectivity index (χ4n) is 2.16. The molecule has 0 N–H and O–H groups in total. The Morgan fingerprint density at radius 2 is 2.20 bits per heavy atom. The second-order valence-corrected chi connectivity index (χ2v) is 6.44. The van der Waals surface area contributed by atoms with Crippen molar-refractivity contribution in [1.29, 1.82) is 0 Å². The summed E-state index contributed by atoms with van der Waals surface area (Å²) in [5.74, 6) is 0. The summed E-state index contributed by atoms with van der Waals surface area (Å²) in [6, 6.07) is 0. The van der Waals surface area contributed by atoms with E-state index in [0.717, 1.165) is 19.3 Å². The Labute approximate surface area is 91.1 Å². The van der Waals surface area contributed by atoms with Crippen LogP contribution in [0.2, 0.25) is 0 Å². The number of ether oxygens (including phenoxy) is 1. The second kappa shape index (κ2) is 4.03. The summed E-state index contributed by atoms with van der Waals surface area (Å²) in [6.07, 6.45) is 3.31.